The van der Waals surface area contributed by atoms with Crippen LogP contribution in [-0.2, 0) is 0 Å². The summed E-state index contributed by atoms with van der Waals surface area (Å²) in [5.74, 6) is 2.41. The largest absolute Gasteiger partial charge is 0.507 e. The summed E-state index contributed by atoms with van der Waals surface area (Å²) in [4.78, 5) is 6.42. The number of nitrogens with zero attached hydrogens (tertiary/aromatic N) is 4. The monoisotopic (exact) mass is 437 g/mol. The Bertz CT molecular complexity index is 1090. The van der Waals surface area contributed by atoms with E-state index in [1.54, 1.807) is 25.4 Å². The van der Waals surface area contributed by atoms with Crippen molar-refractivity contribution in [1.82, 2.24) is 20.5 Å². The molecule has 32 heavy (non-hydrogen) atoms. The van der Waals surface area contributed by atoms with Crippen LogP contribution in [0.3, 0.4) is 0 Å². The van der Waals surface area contributed by atoms with Gasteiger partial charge in [0.05, 0.1) is 18.9 Å². The number of rotatable bonds is 5. The quantitative estimate of drug-likeness (QED) is 0.614. The van der Waals surface area contributed by atoms with E-state index in [4.69, 9.17) is 9.15 Å². The number of methoxy groups -OCH3 is 1. The fourth-order valence-electron chi connectivity index (χ4n) is 4.63. The Labute approximate surface area is 188 Å². The molecule has 0 bridgehead atoms. The molecule has 0 amide bonds. The van der Waals surface area contributed by atoms with Crippen molar-refractivity contribution >= 4 is 5.82 Å². The third-order valence-electron chi connectivity index (χ3n) is 5.99. The molecule has 1 aromatic carbocycles. The number of aromatic hydroxyl groups is 1. The highest BCUT2D eigenvalue weighted by Crippen LogP contribution is 2.40. The summed E-state index contributed by atoms with van der Waals surface area (Å²) in [6.45, 7) is 8.50. The summed E-state index contributed by atoms with van der Waals surface area (Å²) >= 11 is 0. The standard InChI is InChI=1S/C24H31N5O3/c1-14-9-17(12-24(3,4)26-14)29(5)21-8-7-18(27-28-21)22-19(30)10-16(11-20(22)31-6)23-25-13-15(2)32-23/h7-8,10-11,13-14,17,26,30H,9,12H2,1-6H3. The molecule has 0 saturated carbocycles. The van der Waals surface area contributed by atoms with Gasteiger partial charge in [-0.25, -0.2) is 4.98 Å². The Kier molecular flexibility index (Phi) is 5.81. The van der Waals surface area contributed by atoms with Gasteiger partial charge in [0, 0.05) is 30.2 Å². The van der Waals surface area contributed by atoms with Gasteiger partial charge in [0.15, 0.2) is 5.82 Å². The van der Waals surface area contributed by atoms with Crippen molar-refractivity contribution < 1.29 is 14.3 Å². The Balaban J connectivity index is 1.61. The van der Waals surface area contributed by atoms with E-state index in [2.05, 4.69) is 53.2 Å². The number of oxazole rings is 1. The van der Waals surface area contributed by atoms with Gasteiger partial charge in [0.25, 0.3) is 0 Å². The number of ether oxygens (including phenoxy) is 1. The number of phenolic OH excluding ortho intramolecular Hbond substituents is 1. The molecule has 2 atom stereocenters. The van der Waals surface area contributed by atoms with Crippen molar-refractivity contribution in [2.45, 2.75) is 58.2 Å². The molecule has 2 unspecified atom stereocenters. The maximum atomic E-state index is 10.8. The molecule has 8 nitrogen and oxygen atoms in total. The van der Waals surface area contributed by atoms with Crippen LogP contribution in [0.15, 0.2) is 34.9 Å². The van der Waals surface area contributed by atoms with E-state index in [1.807, 2.05) is 19.1 Å². The third kappa shape index (κ3) is 4.41. The fraction of sp³-hybridized carbons (Fsp3) is 0.458. The SMILES string of the molecule is COc1cc(-c2ncc(C)o2)cc(O)c1-c1ccc(N(C)C2CC(C)NC(C)(C)C2)nn1. The van der Waals surface area contributed by atoms with Crippen LogP contribution in [0, 0.1) is 6.92 Å². The highest BCUT2D eigenvalue weighted by molar-refractivity contribution is 5.78. The topological polar surface area (TPSA) is 96.5 Å². The molecular weight excluding hydrogens is 406 g/mol. The number of anilines is 1. The van der Waals surface area contributed by atoms with Crippen LogP contribution in [0.1, 0.15) is 39.4 Å². The number of hydrogen-bond acceptors (Lipinski definition) is 8. The van der Waals surface area contributed by atoms with E-state index in [9.17, 15) is 5.11 Å². The lowest BCUT2D eigenvalue weighted by atomic mass is 9.85. The van der Waals surface area contributed by atoms with Crippen LogP contribution in [0.5, 0.6) is 11.5 Å². The highest BCUT2D eigenvalue weighted by Gasteiger charge is 2.33. The summed E-state index contributed by atoms with van der Waals surface area (Å²) in [6, 6.07) is 7.98. The minimum absolute atomic E-state index is 0.0273. The Morgan fingerprint density at radius 2 is 2.03 bits per heavy atom. The lowest BCUT2D eigenvalue weighted by molar-refractivity contribution is 0.225. The van der Waals surface area contributed by atoms with Crippen molar-refractivity contribution in [1.29, 1.82) is 0 Å². The lowest BCUT2D eigenvalue weighted by Gasteiger charge is -2.44. The number of phenols is 1. The summed E-state index contributed by atoms with van der Waals surface area (Å²) < 4.78 is 11.1. The molecule has 3 heterocycles. The third-order valence-corrected chi connectivity index (χ3v) is 5.99. The van der Waals surface area contributed by atoms with Crippen molar-refractivity contribution in [2.24, 2.45) is 0 Å². The molecule has 2 aromatic heterocycles. The molecule has 170 valence electrons. The van der Waals surface area contributed by atoms with Gasteiger partial charge < -0.3 is 24.5 Å². The summed E-state index contributed by atoms with van der Waals surface area (Å²) in [7, 11) is 3.62. The molecule has 3 aromatic rings. The summed E-state index contributed by atoms with van der Waals surface area (Å²) in [5, 5.41) is 23.3. The van der Waals surface area contributed by atoms with Crippen LogP contribution in [-0.4, -0.2) is 52.1 Å². The lowest BCUT2D eigenvalue weighted by Crippen LogP contribution is -2.56. The number of hydrogen-bond donors (Lipinski definition) is 2. The van der Waals surface area contributed by atoms with E-state index >= 15 is 0 Å². The zero-order valence-electron chi connectivity index (χ0n) is 19.5. The minimum Gasteiger partial charge on any atom is -0.507 e. The number of aromatic nitrogens is 3. The van der Waals surface area contributed by atoms with Crippen LogP contribution in [0.4, 0.5) is 5.82 Å². The predicted molar refractivity (Wildman–Crippen MR) is 124 cm³/mol. The first kappa shape index (κ1) is 22.1. The summed E-state index contributed by atoms with van der Waals surface area (Å²) in [6.07, 6.45) is 3.70. The average molecular weight is 438 g/mol. The molecule has 1 aliphatic rings. The molecular formula is C24H31N5O3. The highest BCUT2D eigenvalue weighted by atomic mass is 16.5. The second-order valence-electron chi connectivity index (χ2n) is 9.26. The van der Waals surface area contributed by atoms with Crippen LogP contribution in [0.2, 0.25) is 0 Å². The first-order valence-corrected chi connectivity index (χ1v) is 10.9. The van der Waals surface area contributed by atoms with E-state index in [1.165, 1.54) is 0 Å². The smallest absolute Gasteiger partial charge is 0.226 e. The first-order chi connectivity index (χ1) is 15.2. The number of benzene rings is 1. The predicted octanol–water partition coefficient (Wildman–Crippen LogP) is 4.18. The second-order valence-corrected chi connectivity index (χ2v) is 9.26. The molecule has 1 aliphatic heterocycles. The van der Waals surface area contributed by atoms with E-state index < -0.39 is 0 Å². The number of nitrogens with one attached hydrogen (secondary N) is 1. The second kappa shape index (κ2) is 8.43. The van der Waals surface area contributed by atoms with Gasteiger partial charge >= 0.3 is 0 Å². The molecule has 8 heteroatoms. The molecule has 4 rings (SSSR count). The van der Waals surface area contributed by atoms with E-state index in [-0.39, 0.29) is 11.3 Å². The van der Waals surface area contributed by atoms with Gasteiger partial charge in [-0.3, -0.25) is 0 Å². The van der Waals surface area contributed by atoms with Crippen molar-refractivity contribution in [3.05, 3.63) is 36.2 Å². The Morgan fingerprint density at radius 3 is 2.62 bits per heavy atom. The van der Waals surface area contributed by atoms with Gasteiger partial charge in [0.1, 0.15) is 23.0 Å². The van der Waals surface area contributed by atoms with E-state index in [0.717, 1.165) is 18.7 Å². The Hall–Kier alpha value is -3.13. The minimum atomic E-state index is 0.0273. The van der Waals surface area contributed by atoms with E-state index in [0.29, 0.717) is 46.3 Å². The van der Waals surface area contributed by atoms with Crippen molar-refractivity contribution in [3.63, 3.8) is 0 Å². The van der Waals surface area contributed by atoms with Gasteiger partial charge in [-0.2, -0.15) is 0 Å². The average Bonchev–Trinajstić information content (AvgIpc) is 3.17. The van der Waals surface area contributed by atoms with Crippen molar-refractivity contribution in [2.75, 3.05) is 19.1 Å². The van der Waals surface area contributed by atoms with Gasteiger partial charge in [-0.15, -0.1) is 10.2 Å². The zero-order valence-corrected chi connectivity index (χ0v) is 19.5. The van der Waals surface area contributed by atoms with Gasteiger partial charge in [-0.1, -0.05) is 0 Å². The fourth-order valence-corrected chi connectivity index (χ4v) is 4.63. The zero-order chi connectivity index (χ0) is 23.0. The van der Waals surface area contributed by atoms with Gasteiger partial charge in [0.2, 0.25) is 5.89 Å². The summed E-state index contributed by atoms with van der Waals surface area (Å²) in [5.41, 5.74) is 1.72. The first-order valence-electron chi connectivity index (χ1n) is 10.9. The number of aryl methyl sites for hydroxylation is 1. The normalized spacial score (nSPS) is 20.2. The maximum absolute atomic E-state index is 10.8. The molecule has 0 spiro atoms. The van der Waals surface area contributed by atoms with Crippen LogP contribution < -0.4 is 15.0 Å². The number of piperidine rings is 1. The molecule has 1 fully saturated rings. The van der Waals surface area contributed by atoms with Crippen molar-refractivity contribution in [3.8, 4) is 34.2 Å². The Morgan fingerprint density at radius 1 is 1.25 bits per heavy atom. The molecule has 1 saturated heterocycles. The van der Waals surface area contributed by atoms with Gasteiger partial charge in [-0.05, 0) is 64.8 Å². The maximum Gasteiger partial charge on any atom is 0.226 e. The van der Waals surface area contributed by atoms with Crippen LogP contribution in [0.25, 0.3) is 22.7 Å². The van der Waals surface area contributed by atoms with Crippen LogP contribution >= 0.6 is 0 Å². The molecule has 0 radical (unpaired) electrons. The molecule has 0 aliphatic carbocycles. The molecule has 2 N–H and O–H groups in total.